The number of rotatable bonds is 2. The molecular weight excluding hydrogens is 276 g/mol. The number of carbonyl (C=O) groups is 1. The van der Waals surface area contributed by atoms with E-state index in [1.165, 1.54) is 17.3 Å². The van der Waals surface area contributed by atoms with Crippen LogP contribution >= 0.6 is 23.1 Å². The molecule has 1 amide bonds. The van der Waals surface area contributed by atoms with E-state index in [0.717, 1.165) is 21.3 Å². The largest absolute Gasteiger partial charge is 0.320 e. The molecule has 0 aliphatic carbocycles. The molecule has 2 heterocycles. The maximum absolute atomic E-state index is 11.1. The van der Waals surface area contributed by atoms with E-state index in [-0.39, 0.29) is 5.91 Å². The van der Waals surface area contributed by atoms with Crippen LogP contribution in [0.2, 0.25) is 0 Å². The molecule has 0 spiro atoms. The molecule has 0 atom stereocenters. The summed E-state index contributed by atoms with van der Waals surface area (Å²) in [7, 11) is 0. The Bertz CT molecular complexity index is 644. The highest BCUT2D eigenvalue weighted by Crippen LogP contribution is 2.26. The second-order valence-corrected chi connectivity index (χ2v) is 6.19. The summed E-state index contributed by atoms with van der Waals surface area (Å²) in [6, 6.07) is 8.32. The number of hydrogen-bond donors (Lipinski definition) is 1. The number of aromatic nitrogens is 1. The maximum atomic E-state index is 11.1. The van der Waals surface area contributed by atoms with Crippen molar-refractivity contribution in [1.29, 1.82) is 0 Å². The van der Waals surface area contributed by atoms with Crippen LogP contribution in [0.5, 0.6) is 0 Å². The van der Waals surface area contributed by atoms with E-state index < -0.39 is 0 Å². The van der Waals surface area contributed by atoms with Crippen molar-refractivity contribution in [1.82, 2.24) is 10.3 Å². The second kappa shape index (κ2) is 5.19. The number of hydrogen-bond acceptors (Lipinski definition) is 4. The van der Waals surface area contributed by atoms with Gasteiger partial charge in [0.2, 0.25) is 5.91 Å². The molecule has 0 radical (unpaired) electrons. The first kappa shape index (κ1) is 12.4. The Balaban J connectivity index is 1.83. The molecular formula is C14H12N2OS2. The van der Waals surface area contributed by atoms with Gasteiger partial charge in [-0.1, -0.05) is 41.6 Å². The highest BCUT2D eigenvalue weighted by Gasteiger charge is 2.15. The van der Waals surface area contributed by atoms with Crippen LogP contribution in [0.1, 0.15) is 10.6 Å². The van der Waals surface area contributed by atoms with Crippen molar-refractivity contribution >= 4 is 35.1 Å². The molecule has 1 aromatic carbocycles. The van der Waals surface area contributed by atoms with Crippen molar-refractivity contribution in [2.75, 3.05) is 5.75 Å². The van der Waals surface area contributed by atoms with Crippen molar-refractivity contribution in [2.45, 2.75) is 6.92 Å². The molecule has 1 aliphatic rings. The lowest BCUT2D eigenvalue weighted by Gasteiger charge is -1.97. The predicted octanol–water partition coefficient (Wildman–Crippen LogP) is 3.28. The zero-order valence-electron chi connectivity index (χ0n) is 10.3. The lowest BCUT2D eigenvalue weighted by Crippen LogP contribution is -2.13. The normalized spacial score (nSPS) is 16.9. The summed E-state index contributed by atoms with van der Waals surface area (Å²) >= 11 is 3.10. The van der Waals surface area contributed by atoms with Gasteiger partial charge in [-0.3, -0.25) is 4.79 Å². The first-order chi connectivity index (χ1) is 9.20. The van der Waals surface area contributed by atoms with Crippen LogP contribution in [0.4, 0.5) is 0 Å². The Morgan fingerprint density at radius 1 is 1.32 bits per heavy atom. The quantitative estimate of drug-likeness (QED) is 0.922. The van der Waals surface area contributed by atoms with Crippen molar-refractivity contribution in [3.05, 3.63) is 45.2 Å². The lowest BCUT2D eigenvalue weighted by atomic mass is 10.1. The maximum Gasteiger partial charge on any atom is 0.235 e. The molecule has 1 N–H and O–H groups in total. The van der Waals surface area contributed by atoms with Gasteiger partial charge in [0.05, 0.1) is 16.5 Å². The molecule has 5 heteroatoms. The monoisotopic (exact) mass is 288 g/mol. The molecule has 0 bridgehead atoms. The third-order valence-corrected chi connectivity index (χ3v) is 4.47. The predicted molar refractivity (Wildman–Crippen MR) is 80.9 cm³/mol. The number of benzene rings is 1. The zero-order valence-corrected chi connectivity index (χ0v) is 12.0. The van der Waals surface area contributed by atoms with E-state index in [1.807, 2.05) is 11.5 Å². The van der Waals surface area contributed by atoms with E-state index in [0.29, 0.717) is 5.75 Å². The van der Waals surface area contributed by atoms with Gasteiger partial charge in [0, 0.05) is 17.0 Å². The van der Waals surface area contributed by atoms with Gasteiger partial charge in [0.25, 0.3) is 0 Å². The van der Waals surface area contributed by atoms with Crippen LogP contribution in [0.25, 0.3) is 17.3 Å². The van der Waals surface area contributed by atoms with Crippen LogP contribution in [-0.4, -0.2) is 16.6 Å². The molecule has 19 heavy (non-hydrogen) atoms. The van der Waals surface area contributed by atoms with Crippen LogP contribution in [-0.2, 0) is 4.79 Å². The molecule has 3 rings (SSSR count). The Hall–Kier alpha value is -1.59. The standard InChI is InChI=1S/C14H12N2OS2/c1-9-2-4-10(5-3-9)11-7-18-13(15-11)6-14-16-12(17)8-19-14/h2-7H,8H2,1H3,(H,16,17)/b14-6+. The van der Waals surface area contributed by atoms with E-state index in [9.17, 15) is 4.79 Å². The Morgan fingerprint density at radius 2 is 2.11 bits per heavy atom. The summed E-state index contributed by atoms with van der Waals surface area (Å²) < 4.78 is 0. The summed E-state index contributed by atoms with van der Waals surface area (Å²) in [5.41, 5.74) is 3.34. The number of amides is 1. The summed E-state index contributed by atoms with van der Waals surface area (Å²) in [6.45, 7) is 2.07. The third-order valence-electron chi connectivity index (χ3n) is 2.75. The molecule has 0 saturated carbocycles. The van der Waals surface area contributed by atoms with Gasteiger partial charge < -0.3 is 5.32 Å². The van der Waals surface area contributed by atoms with Gasteiger partial charge in [0.1, 0.15) is 5.01 Å². The summed E-state index contributed by atoms with van der Waals surface area (Å²) in [5, 5.41) is 6.65. The SMILES string of the molecule is Cc1ccc(-c2csc(/C=C3\NC(=O)CS3)n2)cc1. The smallest absolute Gasteiger partial charge is 0.235 e. The number of thiazole rings is 1. The highest BCUT2D eigenvalue weighted by atomic mass is 32.2. The van der Waals surface area contributed by atoms with Crippen molar-refractivity contribution < 1.29 is 4.79 Å². The molecule has 3 nitrogen and oxygen atoms in total. The van der Waals surface area contributed by atoms with Crippen LogP contribution < -0.4 is 5.32 Å². The number of nitrogens with zero attached hydrogens (tertiary/aromatic N) is 1. The van der Waals surface area contributed by atoms with Crippen molar-refractivity contribution in [2.24, 2.45) is 0 Å². The van der Waals surface area contributed by atoms with Crippen LogP contribution in [0.15, 0.2) is 34.7 Å². The third kappa shape index (κ3) is 2.88. The van der Waals surface area contributed by atoms with Crippen LogP contribution in [0, 0.1) is 6.92 Å². The molecule has 0 unspecified atom stereocenters. The number of thioether (sulfide) groups is 1. The lowest BCUT2D eigenvalue weighted by molar-refractivity contribution is -0.117. The summed E-state index contributed by atoms with van der Waals surface area (Å²) in [4.78, 5) is 15.7. The average molecular weight is 288 g/mol. The van der Waals surface area contributed by atoms with Gasteiger partial charge in [-0.05, 0) is 6.92 Å². The van der Waals surface area contributed by atoms with Gasteiger partial charge in [-0.25, -0.2) is 4.98 Å². The fourth-order valence-corrected chi connectivity index (χ4v) is 3.33. The molecule has 1 aliphatic heterocycles. The average Bonchev–Trinajstić information content (AvgIpc) is 3.00. The van der Waals surface area contributed by atoms with E-state index in [2.05, 4.69) is 41.5 Å². The molecule has 1 fully saturated rings. The van der Waals surface area contributed by atoms with Gasteiger partial charge in [-0.15, -0.1) is 11.3 Å². The van der Waals surface area contributed by atoms with E-state index >= 15 is 0 Å². The Labute approximate surface area is 119 Å². The fourth-order valence-electron chi connectivity index (χ4n) is 1.75. The number of aryl methyl sites for hydroxylation is 1. The number of carbonyl (C=O) groups excluding carboxylic acids is 1. The first-order valence-corrected chi connectivity index (χ1v) is 7.74. The van der Waals surface area contributed by atoms with Gasteiger partial charge in [0.15, 0.2) is 0 Å². The van der Waals surface area contributed by atoms with E-state index in [4.69, 9.17) is 0 Å². The van der Waals surface area contributed by atoms with Crippen molar-refractivity contribution in [3.63, 3.8) is 0 Å². The van der Waals surface area contributed by atoms with Gasteiger partial charge in [-0.2, -0.15) is 0 Å². The summed E-state index contributed by atoms with van der Waals surface area (Å²) in [6.07, 6.45) is 1.93. The minimum Gasteiger partial charge on any atom is -0.320 e. The Morgan fingerprint density at radius 3 is 2.79 bits per heavy atom. The second-order valence-electron chi connectivity index (χ2n) is 4.28. The number of nitrogens with one attached hydrogen (secondary N) is 1. The van der Waals surface area contributed by atoms with Crippen molar-refractivity contribution in [3.8, 4) is 11.3 Å². The molecule has 1 saturated heterocycles. The highest BCUT2D eigenvalue weighted by molar-refractivity contribution is 8.04. The Kier molecular flexibility index (Phi) is 3.40. The molecule has 1 aromatic heterocycles. The van der Waals surface area contributed by atoms with Gasteiger partial charge >= 0.3 is 0 Å². The topological polar surface area (TPSA) is 42.0 Å². The fraction of sp³-hybridized carbons (Fsp3) is 0.143. The molecule has 2 aromatic rings. The minimum atomic E-state index is 0.0616. The van der Waals surface area contributed by atoms with E-state index in [1.54, 1.807) is 11.3 Å². The zero-order chi connectivity index (χ0) is 13.2. The molecule has 96 valence electrons. The minimum absolute atomic E-state index is 0.0616. The summed E-state index contributed by atoms with van der Waals surface area (Å²) in [5.74, 6) is 0.564. The first-order valence-electron chi connectivity index (χ1n) is 5.87. The van der Waals surface area contributed by atoms with Crippen LogP contribution in [0.3, 0.4) is 0 Å².